The van der Waals surface area contributed by atoms with E-state index in [1.54, 1.807) is 0 Å². The molecule has 0 saturated heterocycles. The lowest BCUT2D eigenvalue weighted by Gasteiger charge is -2.15. The molecule has 1 aromatic carbocycles. The highest BCUT2D eigenvalue weighted by Gasteiger charge is 2.22. The monoisotopic (exact) mass is 326 g/mol. The van der Waals surface area contributed by atoms with Gasteiger partial charge in [0, 0.05) is 5.56 Å². The van der Waals surface area contributed by atoms with Crippen molar-refractivity contribution in [2.24, 2.45) is 5.73 Å². The second kappa shape index (κ2) is 8.59. The highest BCUT2D eigenvalue weighted by molar-refractivity contribution is 5.97. The van der Waals surface area contributed by atoms with Crippen molar-refractivity contribution in [2.45, 2.75) is 6.04 Å². The fraction of sp³-hybridized carbons (Fsp3) is 0.357. The van der Waals surface area contributed by atoms with Crippen LogP contribution in [-0.2, 0) is 14.3 Å². The molecule has 0 aliphatic rings. The molecule has 4 N–H and O–H groups in total. The summed E-state index contributed by atoms with van der Waals surface area (Å²) in [5, 5.41) is 11.4. The van der Waals surface area contributed by atoms with Crippen LogP contribution in [0.15, 0.2) is 18.2 Å². The van der Waals surface area contributed by atoms with Crippen LogP contribution in [0.5, 0.6) is 11.5 Å². The van der Waals surface area contributed by atoms with Gasteiger partial charge >= 0.3 is 5.97 Å². The molecule has 1 atom stereocenters. The number of rotatable bonds is 8. The summed E-state index contributed by atoms with van der Waals surface area (Å²) in [4.78, 5) is 34.1. The van der Waals surface area contributed by atoms with Gasteiger partial charge < -0.3 is 30.4 Å². The molecule has 0 radical (unpaired) electrons. The molecule has 0 unspecified atom stereocenters. The first kappa shape index (κ1) is 18.2. The normalized spacial score (nSPS) is 11.3. The molecule has 0 spiro atoms. The number of methoxy groups -OCH3 is 2. The molecule has 9 nitrogen and oxygen atoms in total. The number of aliphatic hydroxyl groups is 1. The van der Waals surface area contributed by atoms with Gasteiger partial charge in [-0.3, -0.25) is 9.59 Å². The third-order valence-corrected chi connectivity index (χ3v) is 2.77. The molecule has 0 aliphatic carbocycles. The van der Waals surface area contributed by atoms with Gasteiger partial charge in [-0.05, 0) is 18.2 Å². The highest BCUT2D eigenvalue weighted by Crippen LogP contribution is 2.28. The SMILES string of the molecule is COC(=O)[C@@H](CO)NC(=O)c1ccc(OCC(N)=O)c(OC)c1. The number of hydrogen-bond donors (Lipinski definition) is 3. The van der Waals surface area contributed by atoms with E-state index in [0.29, 0.717) is 0 Å². The summed E-state index contributed by atoms with van der Waals surface area (Å²) in [6.07, 6.45) is 0. The molecular weight excluding hydrogens is 308 g/mol. The number of carbonyl (C=O) groups excluding carboxylic acids is 3. The maximum atomic E-state index is 12.1. The molecule has 23 heavy (non-hydrogen) atoms. The van der Waals surface area contributed by atoms with Gasteiger partial charge in [-0.25, -0.2) is 4.79 Å². The molecule has 0 aromatic heterocycles. The predicted molar refractivity (Wildman–Crippen MR) is 78.0 cm³/mol. The molecule has 0 bridgehead atoms. The molecule has 1 aromatic rings. The van der Waals surface area contributed by atoms with E-state index in [0.717, 1.165) is 7.11 Å². The average molecular weight is 326 g/mol. The Balaban J connectivity index is 2.89. The van der Waals surface area contributed by atoms with Gasteiger partial charge in [0.05, 0.1) is 20.8 Å². The van der Waals surface area contributed by atoms with Crippen LogP contribution in [0.3, 0.4) is 0 Å². The van der Waals surface area contributed by atoms with E-state index >= 15 is 0 Å². The minimum Gasteiger partial charge on any atom is -0.493 e. The Morgan fingerprint density at radius 2 is 1.96 bits per heavy atom. The third-order valence-electron chi connectivity index (χ3n) is 2.77. The number of esters is 1. The van der Waals surface area contributed by atoms with Gasteiger partial charge in [0.25, 0.3) is 11.8 Å². The maximum Gasteiger partial charge on any atom is 0.330 e. The molecule has 0 aliphatic heterocycles. The van der Waals surface area contributed by atoms with Crippen molar-refractivity contribution in [3.63, 3.8) is 0 Å². The summed E-state index contributed by atoms with van der Waals surface area (Å²) < 4.78 is 14.7. The predicted octanol–water partition coefficient (Wildman–Crippen LogP) is -1.18. The van der Waals surface area contributed by atoms with Gasteiger partial charge in [-0.15, -0.1) is 0 Å². The summed E-state index contributed by atoms with van der Waals surface area (Å²) in [5.41, 5.74) is 5.15. The molecule has 2 amide bonds. The number of aliphatic hydroxyl groups excluding tert-OH is 1. The van der Waals surface area contributed by atoms with Crippen molar-refractivity contribution in [1.82, 2.24) is 5.32 Å². The number of nitrogens with one attached hydrogen (secondary N) is 1. The second-order valence-corrected chi connectivity index (χ2v) is 4.35. The summed E-state index contributed by atoms with van der Waals surface area (Å²) in [6.45, 7) is -0.938. The van der Waals surface area contributed by atoms with E-state index in [1.807, 2.05) is 0 Å². The van der Waals surface area contributed by atoms with Gasteiger partial charge in [0.15, 0.2) is 24.1 Å². The van der Waals surface area contributed by atoms with Crippen molar-refractivity contribution in [3.05, 3.63) is 23.8 Å². The smallest absolute Gasteiger partial charge is 0.330 e. The number of amides is 2. The largest absolute Gasteiger partial charge is 0.493 e. The van der Waals surface area contributed by atoms with Crippen LogP contribution in [0.1, 0.15) is 10.4 Å². The number of nitrogens with two attached hydrogens (primary N) is 1. The first-order valence-electron chi connectivity index (χ1n) is 6.51. The number of hydrogen-bond acceptors (Lipinski definition) is 7. The van der Waals surface area contributed by atoms with Crippen LogP contribution in [0.2, 0.25) is 0 Å². The Hall–Kier alpha value is -2.81. The fourth-order valence-electron chi connectivity index (χ4n) is 1.64. The Bertz CT molecular complexity index is 588. The van der Waals surface area contributed by atoms with Crippen molar-refractivity contribution in [3.8, 4) is 11.5 Å². The number of ether oxygens (including phenoxy) is 3. The van der Waals surface area contributed by atoms with Gasteiger partial charge in [-0.1, -0.05) is 0 Å². The minimum atomic E-state index is -1.18. The number of benzene rings is 1. The molecule has 0 heterocycles. The summed E-state index contributed by atoms with van der Waals surface area (Å²) >= 11 is 0. The molecule has 1 rings (SSSR count). The Morgan fingerprint density at radius 1 is 1.26 bits per heavy atom. The van der Waals surface area contributed by atoms with Gasteiger partial charge in [-0.2, -0.15) is 0 Å². The van der Waals surface area contributed by atoms with E-state index < -0.39 is 30.4 Å². The summed E-state index contributed by atoms with van der Waals surface area (Å²) in [5.74, 6) is -1.60. The molecular formula is C14H18N2O7. The zero-order valence-electron chi connectivity index (χ0n) is 12.7. The van der Waals surface area contributed by atoms with Crippen molar-refractivity contribution < 1.29 is 33.7 Å². The van der Waals surface area contributed by atoms with E-state index in [1.165, 1.54) is 25.3 Å². The standard InChI is InChI=1S/C14H18N2O7/c1-21-11-5-8(3-4-10(11)23-7-12(15)18)13(19)16-9(6-17)14(20)22-2/h3-5,9,17H,6-7H2,1-2H3,(H2,15,18)(H,16,19)/t9-/m1/s1. The lowest BCUT2D eigenvalue weighted by molar-refractivity contribution is -0.143. The van der Waals surface area contributed by atoms with Gasteiger partial charge in [0.1, 0.15) is 0 Å². The number of carbonyl (C=O) groups is 3. The average Bonchev–Trinajstić information content (AvgIpc) is 2.56. The van der Waals surface area contributed by atoms with E-state index in [2.05, 4.69) is 10.1 Å². The van der Waals surface area contributed by atoms with Crippen LogP contribution in [0.4, 0.5) is 0 Å². The fourth-order valence-corrected chi connectivity index (χ4v) is 1.64. The van der Waals surface area contributed by atoms with Crippen LogP contribution in [-0.4, -0.2) is 56.4 Å². The van der Waals surface area contributed by atoms with E-state index in [9.17, 15) is 14.4 Å². The lowest BCUT2D eigenvalue weighted by Crippen LogP contribution is -2.44. The summed E-state index contributed by atoms with van der Waals surface area (Å²) in [7, 11) is 2.50. The van der Waals surface area contributed by atoms with E-state index in [4.69, 9.17) is 20.3 Å². The molecule has 9 heteroatoms. The topological polar surface area (TPSA) is 137 Å². The highest BCUT2D eigenvalue weighted by atomic mass is 16.5. The lowest BCUT2D eigenvalue weighted by atomic mass is 10.1. The minimum absolute atomic E-state index is 0.163. The Labute approximate surface area is 132 Å². The van der Waals surface area contributed by atoms with Crippen LogP contribution < -0.4 is 20.5 Å². The van der Waals surface area contributed by atoms with Crippen LogP contribution in [0, 0.1) is 0 Å². The molecule has 0 fully saturated rings. The number of primary amides is 1. The zero-order chi connectivity index (χ0) is 17.4. The molecule has 0 saturated carbocycles. The zero-order valence-corrected chi connectivity index (χ0v) is 12.7. The molecule has 126 valence electrons. The first-order chi connectivity index (χ1) is 10.9. The summed E-state index contributed by atoms with van der Waals surface area (Å²) in [6, 6.07) is 3.00. The quantitative estimate of drug-likeness (QED) is 0.511. The van der Waals surface area contributed by atoms with Crippen molar-refractivity contribution in [2.75, 3.05) is 27.4 Å². The van der Waals surface area contributed by atoms with Crippen LogP contribution >= 0.6 is 0 Å². The Kier molecular flexibility index (Phi) is 6.81. The first-order valence-corrected chi connectivity index (χ1v) is 6.51. The van der Waals surface area contributed by atoms with Crippen LogP contribution in [0.25, 0.3) is 0 Å². The van der Waals surface area contributed by atoms with Crippen molar-refractivity contribution in [1.29, 1.82) is 0 Å². The maximum absolute atomic E-state index is 12.1. The Morgan fingerprint density at radius 3 is 2.48 bits per heavy atom. The second-order valence-electron chi connectivity index (χ2n) is 4.35. The van der Waals surface area contributed by atoms with E-state index in [-0.39, 0.29) is 23.7 Å². The third kappa shape index (κ3) is 5.15. The van der Waals surface area contributed by atoms with Gasteiger partial charge in [0.2, 0.25) is 0 Å². The van der Waals surface area contributed by atoms with Crippen molar-refractivity contribution >= 4 is 17.8 Å².